The minimum Gasteiger partial charge on any atom is -0.383 e. The molecule has 1 aromatic heterocycles. The van der Waals surface area contributed by atoms with Gasteiger partial charge in [0.05, 0.1) is 15.9 Å². The molecule has 4 nitrogen and oxygen atoms in total. The number of nitrogens with zero attached hydrogens (tertiary/aromatic N) is 2. The van der Waals surface area contributed by atoms with Gasteiger partial charge >= 0.3 is 0 Å². The van der Waals surface area contributed by atoms with Crippen LogP contribution in [-0.2, 0) is 11.3 Å². The molecule has 5 heteroatoms. The first-order chi connectivity index (χ1) is 9.02. The van der Waals surface area contributed by atoms with Crippen LogP contribution in [-0.4, -0.2) is 17.1 Å². The predicted octanol–water partition coefficient (Wildman–Crippen LogP) is 3.09. The molecule has 2 rings (SSSR count). The van der Waals surface area contributed by atoms with E-state index in [1.807, 2.05) is 6.07 Å². The maximum atomic E-state index is 5.95. The van der Waals surface area contributed by atoms with E-state index in [0.717, 1.165) is 20.4 Å². The average molecular weight is 369 g/mol. The second kappa shape index (κ2) is 5.83. The minimum absolute atomic E-state index is 0.433. The molecule has 0 spiro atoms. The second-order valence-corrected chi connectivity index (χ2v) is 5.52. The highest BCUT2D eigenvalue weighted by Crippen LogP contribution is 2.25. The lowest BCUT2D eigenvalue weighted by Gasteiger charge is -2.10. The van der Waals surface area contributed by atoms with E-state index in [1.165, 1.54) is 5.56 Å². The Hall–Kier alpha value is -1.21. The van der Waals surface area contributed by atoms with E-state index in [0.29, 0.717) is 18.2 Å². The van der Waals surface area contributed by atoms with Gasteiger partial charge in [0.15, 0.2) is 5.82 Å². The highest BCUT2D eigenvalue weighted by Gasteiger charge is 2.12. The Kier molecular flexibility index (Phi) is 4.36. The predicted molar refractivity (Wildman–Crippen MR) is 84.8 cm³/mol. The average Bonchev–Trinajstić information content (AvgIpc) is 2.35. The van der Waals surface area contributed by atoms with E-state index in [1.54, 1.807) is 7.11 Å². The maximum Gasteiger partial charge on any atom is 0.162 e. The van der Waals surface area contributed by atoms with Crippen molar-refractivity contribution >= 4 is 28.4 Å². The molecule has 1 aromatic carbocycles. The van der Waals surface area contributed by atoms with Crippen molar-refractivity contribution < 1.29 is 4.74 Å². The molecule has 19 heavy (non-hydrogen) atoms. The van der Waals surface area contributed by atoms with E-state index in [2.05, 4.69) is 58.5 Å². The molecule has 0 saturated carbocycles. The van der Waals surface area contributed by atoms with Gasteiger partial charge in [-0.3, -0.25) is 0 Å². The summed E-state index contributed by atoms with van der Waals surface area (Å²) in [6, 6.07) is 6.20. The van der Waals surface area contributed by atoms with Crippen molar-refractivity contribution in [3.8, 4) is 11.4 Å². The molecular weight excluding hydrogens is 353 g/mol. The molecule has 2 N–H and O–H groups in total. The number of aryl methyl sites for hydroxylation is 2. The van der Waals surface area contributed by atoms with Crippen molar-refractivity contribution in [2.75, 3.05) is 12.8 Å². The van der Waals surface area contributed by atoms with Crippen LogP contribution in [0.3, 0.4) is 0 Å². The standard InChI is InChI=1S/C14H16IN3O/c1-8-4-5-10(9(2)6-8)14-17-11(7-19-3)12(15)13(16)18-14/h4-6H,7H2,1-3H3,(H2,16,17,18). The number of ether oxygens (including phenoxy) is 1. The first-order valence-corrected chi connectivity index (χ1v) is 6.99. The minimum atomic E-state index is 0.433. The second-order valence-electron chi connectivity index (χ2n) is 4.44. The lowest BCUT2D eigenvalue weighted by molar-refractivity contribution is 0.181. The molecule has 2 aromatic rings. The molecular formula is C14H16IN3O. The number of hydrogen-bond donors (Lipinski definition) is 1. The molecule has 1 heterocycles. The largest absolute Gasteiger partial charge is 0.383 e. The summed E-state index contributed by atoms with van der Waals surface area (Å²) in [5.74, 6) is 1.15. The number of nitrogens with two attached hydrogens (primary N) is 1. The van der Waals surface area contributed by atoms with Gasteiger partial charge in [-0.1, -0.05) is 23.8 Å². The van der Waals surface area contributed by atoms with Crippen LogP contribution in [0, 0.1) is 17.4 Å². The Labute approximate surface area is 126 Å². The first kappa shape index (κ1) is 14.2. The van der Waals surface area contributed by atoms with E-state index in [9.17, 15) is 0 Å². The molecule has 0 fully saturated rings. The van der Waals surface area contributed by atoms with Gasteiger partial charge in [-0.05, 0) is 42.0 Å². The van der Waals surface area contributed by atoms with Crippen molar-refractivity contribution in [3.63, 3.8) is 0 Å². The van der Waals surface area contributed by atoms with Crippen LogP contribution in [0.15, 0.2) is 18.2 Å². The van der Waals surface area contributed by atoms with Crippen molar-refractivity contribution in [2.45, 2.75) is 20.5 Å². The fraction of sp³-hybridized carbons (Fsp3) is 0.286. The van der Waals surface area contributed by atoms with Crippen LogP contribution in [0.2, 0.25) is 0 Å². The summed E-state index contributed by atoms with van der Waals surface area (Å²) in [7, 11) is 1.64. The summed E-state index contributed by atoms with van der Waals surface area (Å²) in [5, 5.41) is 0. The van der Waals surface area contributed by atoms with Gasteiger partial charge in [0, 0.05) is 12.7 Å². The summed E-state index contributed by atoms with van der Waals surface area (Å²) in [5.41, 5.74) is 10.1. The van der Waals surface area contributed by atoms with Crippen LogP contribution >= 0.6 is 22.6 Å². The van der Waals surface area contributed by atoms with Gasteiger partial charge in [0.25, 0.3) is 0 Å². The fourth-order valence-electron chi connectivity index (χ4n) is 1.93. The molecule has 0 radical (unpaired) electrons. The maximum absolute atomic E-state index is 5.95. The van der Waals surface area contributed by atoms with Gasteiger partial charge in [-0.15, -0.1) is 0 Å². The van der Waals surface area contributed by atoms with Gasteiger partial charge in [0.2, 0.25) is 0 Å². The van der Waals surface area contributed by atoms with Crippen LogP contribution in [0.1, 0.15) is 16.8 Å². The molecule has 0 aliphatic heterocycles. The highest BCUT2D eigenvalue weighted by atomic mass is 127. The molecule has 0 saturated heterocycles. The zero-order chi connectivity index (χ0) is 14.0. The number of benzene rings is 1. The third-order valence-electron chi connectivity index (χ3n) is 2.85. The fourth-order valence-corrected chi connectivity index (χ4v) is 2.33. The highest BCUT2D eigenvalue weighted by molar-refractivity contribution is 14.1. The van der Waals surface area contributed by atoms with Crippen molar-refractivity contribution in [2.24, 2.45) is 0 Å². The van der Waals surface area contributed by atoms with Crippen molar-refractivity contribution in [1.82, 2.24) is 9.97 Å². The third kappa shape index (κ3) is 3.03. The number of methoxy groups -OCH3 is 1. The third-order valence-corrected chi connectivity index (χ3v) is 4.02. The summed E-state index contributed by atoms with van der Waals surface area (Å²) in [4.78, 5) is 8.94. The zero-order valence-electron chi connectivity index (χ0n) is 11.2. The number of hydrogen-bond acceptors (Lipinski definition) is 4. The normalized spacial score (nSPS) is 10.7. The molecule has 0 aliphatic carbocycles. The molecule has 0 aliphatic rings. The van der Waals surface area contributed by atoms with E-state index >= 15 is 0 Å². The van der Waals surface area contributed by atoms with Gasteiger partial charge in [-0.25, -0.2) is 9.97 Å². The Morgan fingerprint density at radius 1 is 1.26 bits per heavy atom. The molecule has 0 unspecified atom stereocenters. The number of anilines is 1. The Balaban J connectivity index is 2.56. The van der Waals surface area contributed by atoms with Crippen molar-refractivity contribution in [1.29, 1.82) is 0 Å². The lowest BCUT2D eigenvalue weighted by Crippen LogP contribution is -2.06. The van der Waals surface area contributed by atoms with E-state index < -0.39 is 0 Å². The van der Waals surface area contributed by atoms with Crippen molar-refractivity contribution in [3.05, 3.63) is 38.6 Å². The smallest absolute Gasteiger partial charge is 0.162 e. The van der Waals surface area contributed by atoms with Crippen LogP contribution in [0.4, 0.5) is 5.82 Å². The Morgan fingerprint density at radius 2 is 2.00 bits per heavy atom. The summed E-state index contributed by atoms with van der Waals surface area (Å²) < 4.78 is 6.01. The summed E-state index contributed by atoms with van der Waals surface area (Å²) >= 11 is 2.15. The van der Waals surface area contributed by atoms with Gasteiger partial charge in [-0.2, -0.15) is 0 Å². The quantitative estimate of drug-likeness (QED) is 0.845. The van der Waals surface area contributed by atoms with E-state index in [-0.39, 0.29) is 0 Å². The SMILES string of the molecule is COCc1nc(-c2ccc(C)cc2C)nc(N)c1I. The molecule has 100 valence electrons. The molecule has 0 atom stereocenters. The topological polar surface area (TPSA) is 61.0 Å². The number of halogens is 1. The Bertz CT molecular complexity index is 614. The monoisotopic (exact) mass is 369 g/mol. The number of rotatable bonds is 3. The Morgan fingerprint density at radius 3 is 2.63 bits per heavy atom. The molecule has 0 bridgehead atoms. The first-order valence-electron chi connectivity index (χ1n) is 5.91. The van der Waals surface area contributed by atoms with Gasteiger partial charge in [0.1, 0.15) is 5.82 Å². The molecule has 0 amide bonds. The summed E-state index contributed by atoms with van der Waals surface area (Å²) in [6.45, 7) is 4.55. The zero-order valence-corrected chi connectivity index (χ0v) is 13.4. The number of aromatic nitrogens is 2. The lowest BCUT2D eigenvalue weighted by atomic mass is 10.1. The van der Waals surface area contributed by atoms with Gasteiger partial charge < -0.3 is 10.5 Å². The van der Waals surface area contributed by atoms with Crippen LogP contribution in [0.5, 0.6) is 0 Å². The van der Waals surface area contributed by atoms with E-state index in [4.69, 9.17) is 10.5 Å². The van der Waals surface area contributed by atoms with Crippen LogP contribution < -0.4 is 5.73 Å². The number of nitrogen functional groups attached to an aromatic ring is 1. The summed E-state index contributed by atoms with van der Waals surface area (Å²) in [6.07, 6.45) is 0. The van der Waals surface area contributed by atoms with Crippen LogP contribution in [0.25, 0.3) is 11.4 Å².